The van der Waals surface area contributed by atoms with Crippen LogP contribution in [0, 0.1) is 0 Å². The van der Waals surface area contributed by atoms with Gasteiger partial charge in [-0.15, -0.1) is 0 Å². The fourth-order valence-corrected chi connectivity index (χ4v) is 2.77. The normalized spacial score (nSPS) is 33.2. The van der Waals surface area contributed by atoms with Crippen LogP contribution < -0.4 is 5.73 Å². The molecule has 0 radical (unpaired) electrons. The molecule has 0 aliphatic carbocycles. The lowest BCUT2D eigenvalue weighted by molar-refractivity contribution is -0.358. The van der Waals surface area contributed by atoms with Crippen molar-refractivity contribution in [3.63, 3.8) is 0 Å². The highest BCUT2D eigenvalue weighted by atomic mass is 19.2. The molecule has 0 aromatic rings. The van der Waals surface area contributed by atoms with Gasteiger partial charge in [-0.3, -0.25) is 14.3 Å². The minimum atomic E-state index is -3.88. The standard InChI is InChI=1S/C14H20F2N4O8/c1-6(22)26-8(5-21)4-13(27-7(2)23)11(17)9(19-20-18)10(15)14(16,28-13)12(24)25-3/h8-11,21H,4-5,17H2,1-3H3/t8-,9?,10?,11?,13?,14?/m0/s1. The first kappa shape index (κ1) is 23.5. The van der Waals surface area contributed by atoms with E-state index in [4.69, 9.17) is 25.5 Å². The Morgan fingerprint density at radius 2 is 2.00 bits per heavy atom. The summed E-state index contributed by atoms with van der Waals surface area (Å²) >= 11 is 0. The monoisotopic (exact) mass is 410 g/mol. The first-order valence-electron chi connectivity index (χ1n) is 7.86. The molecule has 1 heterocycles. The van der Waals surface area contributed by atoms with E-state index in [2.05, 4.69) is 14.8 Å². The molecule has 28 heavy (non-hydrogen) atoms. The summed E-state index contributed by atoms with van der Waals surface area (Å²) < 4.78 is 48.6. The number of aliphatic hydroxyl groups is 1. The lowest BCUT2D eigenvalue weighted by Crippen LogP contribution is -2.73. The zero-order valence-electron chi connectivity index (χ0n) is 15.2. The van der Waals surface area contributed by atoms with Gasteiger partial charge in [-0.1, -0.05) is 5.11 Å². The summed E-state index contributed by atoms with van der Waals surface area (Å²) in [4.78, 5) is 37.0. The molecule has 6 atom stereocenters. The summed E-state index contributed by atoms with van der Waals surface area (Å²) in [5.74, 6) is -10.3. The van der Waals surface area contributed by atoms with Gasteiger partial charge in [0.1, 0.15) is 6.10 Å². The molecule has 1 fully saturated rings. The Bertz CT molecular complexity index is 676. The van der Waals surface area contributed by atoms with Gasteiger partial charge in [0.2, 0.25) is 5.79 Å². The van der Waals surface area contributed by atoms with Crippen LogP contribution in [0.4, 0.5) is 8.78 Å². The van der Waals surface area contributed by atoms with E-state index in [0.717, 1.165) is 21.0 Å². The van der Waals surface area contributed by atoms with Crippen molar-refractivity contribution in [1.29, 1.82) is 0 Å². The minimum absolute atomic E-state index is 0.736. The van der Waals surface area contributed by atoms with Crippen molar-refractivity contribution in [2.75, 3.05) is 13.7 Å². The fraction of sp³-hybridized carbons (Fsp3) is 0.786. The van der Waals surface area contributed by atoms with Crippen molar-refractivity contribution in [1.82, 2.24) is 0 Å². The van der Waals surface area contributed by atoms with Crippen LogP contribution in [-0.2, 0) is 33.3 Å². The summed E-state index contributed by atoms with van der Waals surface area (Å²) in [6, 6.07) is -3.93. The Hall–Kier alpha value is -2.54. The van der Waals surface area contributed by atoms with Gasteiger partial charge in [-0.2, -0.15) is 4.39 Å². The molecule has 3 N–H and O–H groups in total. The Morgan fingerprint density at radius 1 is 1.39 bits per heavy atom. The molecule has 0 saturated carbocycles. The molecule has 14 heteroatoms. The third-order valence-electron chi connectivity index (χ3n) is 3.87. The predicted octanol–water partition coefficient (Wildman–Crippen LogP) is -0.227. The second-order valence-electron chi connectivity index (χ2n) is 5.89. The Morgan fingerprint density at radius 3 is 2.43 bits per heavy atom. The zero-order valence-corrected chi connectivity index (χ0v) is 15.2. The molecule has 1 aliphatic heterocycles. The predicted molar refractivity (Wildman–Crippen MR) is 84.5 cm³/mol. The zero-order chi connectivity index (χ0) is 21.7. The number of hydrogen-bond donors (Lipinski definition) is 2. The Kier molecular flexibility index (Phi) is 7.64. The Labute approximate surface area is 157 Å². The fourth-order valence-electron chi connectivity index (χ4n) is 2.77. The van der Waals surface area contributed by atoms with E-state index in [1.54, 1.807) is 0 Å². The van der Waals surface area contributed by atoms with E-state index >= 15 is 4.39 Å². The van der Waals surface area contributed by atoms with Crippen molar-refractivity contribution >= 4 is 17.9 Å². The Balaban J connectivity index is 3.55. The second kappa shape index (κ2) is 9.10. The van der Waals surface area contributed by atoms with Crippen LogP contribution in [0.15, 0.2) is 5.11 Å². The molecule has 1 saturated heterocycles. The van der Waals surface area contributed by atoms with Crippen LogP contribution in [0.1, 0.15) is 20.3 Å². The van der Waals surface area contributed by atoms with E-state index in [1.165, 1.54) is 0 Å². The number of alkyl halides is 2. The van der Waals surface area contributed by atoms with Gasteiger partial charge >= 0.3 is 23.8 Å². The number of nitrogens with two attached hydrogens (primary N) is 1. The summed E-state index contributed by atoms with van der Waals surface area (Å²) in [5, 5.41) is 12.4. The first-order valence-corrected chi connectivity index (χ1v) is 7.86. The largest absolute Gasteiger partial charge is 0.465 e. The minimum Gasteiger partial charge on any atom is -0.465 e. The summed E-state index contributed by atoms with van der Waals surface area (Å²) in [5.41, 5.74) is 14.5. The summed E-state index contributed by atoms with van der Waals surface area (Å²) in [6.45, 7) is 1.03. The van der Waals surface area contributed by atoms with Gasteiger partial charge in [0, 0.05) is 18.8 Å². The molecule has 158 valence electrons. The smallest absolute Gasteiger partial charge is 0.375 e. The molecular weight excluding hydrogens is 390 g/mol. The average Bonchev–Trinajstić information content (AvgIpc) is 2.61. The number of hydrogen-bond acceptors (Lipinski definition) is 10. The highest BCUT2D eigenvalue weighted by Gasteiger charge is 2.68. The third-order valence-corrected chi connectivity index (χ3v) is 3.87. The van der Waals surface area contributed by atoms with Gasteiger partial charge in [0.25, 0.3) is 0 Å². The van der Waals surface area contributed by atoms with Gasteiger partial charge in [0.05, 0.1) is 32.2 Å². The number of ether oxygens (including phenoxy) is 4. The van der Waals surface area contributed by atoms with Crippen LogP contribution >= 0.6 is 0 Å². The number of rotatable bonds is 7. The first-order chi connectivity index (χ1) is 13.0. The molecule has 5 unspecified atom stereocenters. The number of halogens is 2. The lowest BCUT2D eigenvalue weighted by Gasteiger charge is -2.49. The highest BCUT2D eigenvalue weighted by molar-refractivity contribution is 5.79. The number of methoxy groups -OCH3 is 1. The number of aliphatic hydroxyl groups excluding tert-OH is 1. The van der Waals surface area contributed by atoms with E-state index in [0.29, 0.717) is 0 Å². The number of nitrogens with zero attached hydrogens (tertiary/aromatic N) is 3. The maximum Gasteiger partial charge on any atom is 0.375 e. The van der Waals surface area contributed by atoms with Crippen LogP contribution in [0.5, 0.6) is 0 Å². The van der Waals surface area contributed by atoms with Gasteiger partial charge in [0.15, 0.2) is 6.17 Å². The summed E-state index contributed by atoms with van der Waals surface area (Å²) in [7, 11) is 0.736. The van der Waals surface area contributed by atoms with Crippen molar-refractivity contribution in [3.05, 3.63) is 10.4 Å². The van der Waals surface area contributed by atoms with Gasteiger partial charge in [-0.05, 0) is 5.53 Å². The molecule has 12 nitrogen and oxygen atoms in total. The summed E-state index contributed by atoms with van der Waals surface area (Å²) in [6.07, 6.45) is -5.18. The molecular formula is C14H20F2N4O8. The van der Waals surface area contributed by atoms with Gasteiger partial charge in [-0.25, -0.2) is 9.18 Å². The van der Waals surface area contributed by atoms with Crippen molar-refractivity contribution in [2.45, 2.75) is 56.3 Å². The molecule has 0 spiro atoms. The van der Waals surface area contributed by atoms with Crippen LogP contribution in [0.25, 0.3) is 10.4 Å². The highest BCUT2D eigenvalue weighted by Crippen LogP contribution is 2.43. The maximum absolute atomic E-state index is 15.2. The number of carbonyl (C=O) groups is 3. The molecule has 1 rings (SSSR count). The van der Waals surface area contributed by atoms with E-state index in [1.807, 2.05) is 0 Å². The van der Waals surface area contributed by atoms with E-state index in [-0.39, 0.29) is 0 Å². The maximum atomic E-state index is 15.2. The topological polar surface area (TPSA) is 183 Å². The molecule has 0 aromatic carbocycles. The molecule has 1 aliphatic rings. The molecule has 0 aromatic heterocycles. The van der Waals surface area contributed by atoms with Crippen molar-refractivity contribution in [3.8, 4) is 0 Å². The number of esters is 3. The second-order valence-corrected chi connectivity index (χ2v) is 5.89. The third kappa shape index (κ3) is 4.65. The van der Waals surface area contributed by atoms with Crippen molar-refractivity contribution in [2.24, 2.45) is 10.8 Å². The molecule has 0 amide bonds. The van der Waals surface area contributed by atoms with Crippen LogP contribution in [0.2, 0.25) is 0 Å². The lowest BCUT2D eigenvalue weighted by atomic mass is 9.85. The number of carbonyl (C=O) groups excluding carboxylic acids is 3. The van der Waals surface area contributed by atoms with E-state index < -0.39 is 66.9 Å². The van der Waals surface area contributed by atoms with Crippen molar-refractivity contribution < 1.29 is 47.2 Å². The van der Waals surface area contributed by atoms with Crippen LogP contribution in [0.3, 0.4) is 0 Å². The van der Waals surface area contributed by atoms with E-state index in [9.17, 15) is 23.9 Å². The SMILES string of the molecule is COC(=O)C1(F)OC(C[C@@H](CO)OC(C)=O)(OC(C)=O)C(N)C(N=[N+]=[N-])C1F. The average molecular weight is 410 g/mol. The molecule has 0 bridgehead atoms. The van der Waals surface area contributed by atoms with Gasteiger partial charge < -0.3 is 25.1 Å². The quantitative estimate of drug-likeness (QED) is 0.188. The van der Waals surface area contributed by atoms with Crippen LogP contribution in [-0.4, -0.2) is 72.7 Å². The number of azide groups is 1.